The van der Waals surface area contributed by atoms with Gasteiger partial charge < -0.3 is 20.7 Å². The summed E-state index contributed by atoms with van der Waals surface area (Å²) in [6.45, 7) is -0.398. The van der Waals surface area contributed by atoms with Crippen molar-refractivity contribution in [2.45, 2.75) is 23.8 Å². The zero-order valence-corrected chi connectivity index (χ0v) is 11.7. The zero-order chi connectivity index (χ0) is 16.2. The topological polar surface area (TPSA) is 130 Å². The summed E-state index contributed by atoms with van der Waals surface area (Å²) in [6.07, 6.45) is 1.17. The number of aliphatic hydroxyl groups is 2. The number of nitrogens with zero attached hydrogens (tertiary/aromatic N) is 4. The van der Waals surface area contributed by atoms with E-state index in [1.54, 1.807) is 6.07 Å². The molecule has 3 heterocycles. The molecule has 1 aliphatic heterocycles. The normalized spacial score (nSPS) is 34.9. The molecule has 1 aliphatic rings. The summed E-state index contributed by atoms with van der Waals surface area (Å²) in [4.78, 5) is 3.82. The maximum atomic E-state index is 15.3. The molecule has 3 rings (SSSR count). The quantitative estimate of drug-likeness (QED) is 0.682. The Balaban J connectivity index is 2.28. The number of hydrogen-bond acceptors (Lipinski definition) is 7. The van der Waals surface area contributed by atoms with Crippen molar-refractivity contribution in [3.63, 3.8) is 0 Å². The minimum atomic E-state index is -2.57. The fraction of sp³-hybridized carbons (Fsp3) is 0.462. The van der Waals surface area contributed by atoms with Crippen molar-refractivity contribution < 1.29 is 19.3 Å². The van der Waals surface area contributed by atoms with Gasteiger partial charge in [-0.25, -0.2) is 13.9 Å². The molecule has 9 heteroatoms. The molecule has 3 atom stereocenters. The zero-order valence-electron chi connectivity index (χ0n) is 11.7. The van der Waals surface area contributed by atoms with Gasteiger partial charge in [0.25, 0.3) is 0 Å². The van der Waals surface area contributed by atoms with E-state index in [9.17, 15) is 15.5 Å². The highest BCUT2D eigenvalue weighted by Crippen LogP contribution is 2.51. The highest BCUT2D eigenvalue weighted by molar-refractivity contribution is 5.66. The van der Waals surface area contributed by atoms with Gasteiger partial charge >= 0.3 is 0 Å². The lowest BCUT2D eigenvalue weighted by atomic mass is 9.76. The summed E-state index contributed by atoms with van der Waals surface area (Å²) in [5.74, 6) is 0.158. The number of aromatic nitrogens is 3. The van der Waals surface area contributed by atoms with E-state index in [-0.39, 0.29) is 11.5 Å². The van der Waals surface area contributed by atoms with Crippen LogP contribution in [-0.4, -0.2) is 49.3 Å². The lowest BCUT2D eigenvalue weighted by molar-refractivity contribution is -0.113. The van der Waals surface area contributed by atoms with Crippen LogP contribution in [-0.2, 0) is 10.3 Å². The third-order valence-corrected chi connectivity index (χ3v) is 4.32. The molecule has 0 amide bonds. The molecular weight excluding hydrogens is 293 g/mol. The average Bonchev–Trinajstić information content (AvgIpc) is 3.01. The number of rotatable bonds is 2. The van der Waals surface area contributed by atoms with Crippen LogP contribution in [0.25, 0.3) is 5.52 Å². The van der Waals surface area contributed by atoms with Crippen LogP contribution in [0.15, 0.2) is 18.5 Å². The third-order valence-electron chi connectivity index (χ3n) is 4.32. The molecule has 3 unspecified atom stereocenters. The number of nitriles is 1. The van der Waals surface area contributed by atoms with Crippen molar-refractivity contribution in [2.75, 3.05) is 18.9 Å². The Bertz CT molecular complexity index is 786. The fourth-order valence-electron chi connectivity index (χ4n) is 2.75. The van der Waals surface area contributed by atoms with E-state index in [1.807, 2.05) is 0 Å². The summed E-state index contributed by atoms with van der Waals surface area (Å²) in [5, 5.41) is 33.1. The molecule has 0 bridgehead atoms. The SMILES string of the molecule is CC1(F)C(O)(CO)COC1(C#N)c1ccc2c(N)ncnn12. The third kappa shape index (κ3) is 1.49. The molecule has 116 valence electrons. The van der Waals surface area contributed by atoms with Gasteiger partial charge in [0, 0.05) is 0 Å². The van der Waals surface area contributed by atoms with E-state index in [4.69, 9.17) is 10.5 Å². The number of alkyl halides is 1. The maximum Gasteiger partial charge on any atom is 0.233 e. The molecule has 2 aromatic rings. The van der Waals surface area contributed by atoms with Gasteiger partial charge in [-0.05, 0) is 19.1 Å². The van der Waals surface area contributed by atoms with Crippen LogP contribution < -0.4 is 5.73 Å². The number of aliphatic hydroxyl groups excluding tert-OH is 1. The Morgan fingerprint density at radius 2 is 2.32 bits per heavy atom. The molecule has 1 saturated heterocycles. The first-order valence-corrected chi connectivity index (χ1v) is 6.49. The monoisotopic (exact) mass is 307 g/mol. The fourth-order valence-corrected chi connectivity index (χ4v) is 2.75. The molecule has 0 spiro atoms. The smallest absolute Gasteiger partial charge is 0.233 e. The average molecular weight is 307 g/mol. The lowest BCUT2D eigenvalue weighted by Crippen LogP contribution is -2.57. The van der Waals surface area contributed by atoms with E-state index >= 15 is 4.39 Å². The van der Waals surface area contributed by atoms with Crippen molar-refractivity contribution in [3.05, 3.63) is 24.2 Å². The van der Waals surface area contributed by atoms with E-state index in [0.29, 0.717) is 5.52 Å². The van der Waals surface area contributed by atoms with Gasteiger partial charge in [-0.15, -0.1) is 0 Å². The van der Waals surface area contributed by atoms with Gasteiger partial charge in [0.05, 0.1) is 18.9 Å². The number of ether oxygens (including phenoxy) is 1. The predicted octanol–water partition coefficient (Wildman–Crippen LogP) is -0.488. The molecule has 22 heavy (non-hydrogen) atoms. The van der Waals surface area contributed by atoms with Gasteiger partial charge in [-0.1, -0.05) is 0 Å². The highest BCUT2D eigenvalue weighted by atomic mass is 19.1. The minimum absolute atomic E-state index is 0.0634. The van der Waals surface area contributed by atoms with Crippen LogP contribution in [0, 0.1) is 11.3 Å². The molecule has 4 N–H and O–H groups in total. The molecule has 0 aromatic carbocycles. The van der Waals surface area contributed by atoms with E-state index in [2.05, 4.69) is 10.1 Å². The van der Waals surface area contributed by atoms with Crippen molar-refractivity contribution in [1.29, 1.82) is 5.26 Å². The van der Waals surface area contributed by atoms with E-state index in [0.717, 1.165) is 6.92 Å². The molecule has 1 fully saturated rings. The largest absolute Gasteiger partial charge is 0.393 e. The number of nitrogen functional groups attached to an aromatic ring is 1. The second-order valence-electron chi connectivity index (χ2n) is 5.44. The summed E-state index contributed by atoms with van der Waals surface area (Å²) in [6, 6.07) is 4.74. The number of anilines is 1. The van der Waals surface area contributed by atoms with Crippen LogP contribution in [0.4, 0.5) is 10.2 Å². The summed E-state index contributed by atoms with van der Waals surface area (Å²) in [7, 11) is 0. The Hall–Kier alpha value is -2.28. The van der Waals surface area contributed by atoms with Crippen molar-refractivity contribution >= 4 is 11.3 Å². The Morgan fingerprint density at radius 3 is 2.91 bits per heavy atom. The summed E-state index contributed by atoms with van der Waals surface area (Å²) in [5.41, 5.74) is -0.751. The Labute approximate surface area is 124 Å². The van der Waals surface area contributed by atoms with Gasteiger partial charge in [0.15, 0.2) is 11.5 Å². The number of halogens is 1. The number of nitrogens with two attached hydrogens (primary N) is 1. The van der Waals surface area contributed by atoms with E-state index in [1.165, 1.54) is 23.0 Å². The van der Waals surface area contributed by atoms with Crippen LogP contribution in [0.1, 0.15) is 12.6 Å². The molecule has 0 aliphatic carbocycles. The van der Waals surface area contributed by atoms with Crippen molar-refractivity contribution in [3.8, 4) is 6.07 Å². The lowest BCUT2D eigenvalue weighted by Gasteiger charge is -2.36. The highest BCUT2D eigenvalue weighted by Gasteiger charge is 2.70. The molecule has 0 saturated carbocycles. The molecule has 8 nitrogen and oxygen atoms in total. The van der Waals surface area contributed by atoms with Crippen LogP contribution in [0.3, 0.4) is 0 Å². The Morgan fingerprint density at radius 1 is 1.59 bits per heavy atom. The predicted molar refractivity (Wildman–Crippen MR) is 72.2 cm³/mol. The van der Waals surface area contributed by atoms with Gasteiger partial charge in [0.1, 0.15) is 23.5 Å². The first-order valence-electron chi connectivity index (χ1n) is 6.49. The minimum Gasteiger partial charge on any atom is -0.393 e. The first kappa shape index (κ1) is 14.6. The summed E-state index contributed by atoms with van der Waals surface area (Å²) >= 11 is 0. The molecular formula is C13H14FN5O3. The van der Waals surface area contributed by atoms with Gasteiger partial charge in [0.2, 0.25) is 5.60 Å². The maximum absolute atomic E-state index is 15.3. The second kappa shape index (κ2) is 4.36. The summed E-state index contributed by atoms with van der Waals surface area (Å²) < 4.78 is 21.9. The van der Waals surface area contributed by atoms with Crippen molar-refractivity contribution in [2.24, 2.45) is 0 Å². The number of fused-ring (bicyclic) bond motifs is 1. The van der Waals surface area contributed by atoms with Crippen LogP contribution in [0.2, 0.25) is 0 Å². The van der Waals surface area contributed by atoms with E-state index < -0.39 is 30.1 Å². The first-order chi connectivity index (χ1) is 10.3. The van der Waals surface area contributed by atoms with Crippen LogP contribution in [0.5, 0.6) is 0 Å². The van der Waals surface area contributed by atoms with Crippen LogP contribution >= 0.6 is 0 Å². The molecule has 0 radical (unpaired) electrons. The van der Waals surface area contributed by atoms with Gasteiger partial charge in [-0.3, -0.25) is 0 Å². The standard InChI is InChI=1S/C13H14FN5O3/c1-11(14)12(21,5-20)6-22-13(11,4-15)9-3-2-8-10(16)17-7-18-19(8)9/h2-3,7,20-21H,5-6H2,1H3,(H2,16,17,18). The molecule has 2 aromatic heterocycles. The second-order valence-corrected chi connectivity index (χ2v) is 5.44. The number of hydrogen-bond donors (Lipinski definition) is 3. The van der Waals surface area contributed by atoms with Crippen molar-refractivity contribution in [1.82, 2.24) is 14.6 Å². The Kier molecular flexibility index (Phi) is 2.90. The van der Waals surface area contributed by atoms with Gasteiger partial charge in [-0.2, -0.15) is 10.4 Å².